The van der Waals surface area contributed by atoms with E-state index in [0.717, 1.165) is 5.69 Å². The SMILES string of the molecule is Cc1ccc(NCCC(=O)Nc2cc(Cl)cc(Cl)c2)cc1C. The zero-order valence-corrected chi connectivity index (χ0v) is 14.1. The van der Waals surface area contributed by atoms with Crippen molar-refractivity contribution >= 4 is 40.5 Å². The predicted octanol–water partition coefficient (Wildman–Crippen LogP) is 5.05. The lowest BCUT2D eigenvalue weighted by molar-refractivity contribution is -0.115. The molecule has 0 aliphatic rings. The first-order valence-electron chi connectivity index (χ1n) is 7.01. The van der Waals surface area contributed by atoms with Crippen molar-refractivity contribution in [1.82, 2.24) is 0 Å². The van der Waals surface area contributed by atoms with Crippen molar-refractivity contribution in [2.24, 2.45) is 0 Å². The molecule has 2 aromatic carbocycles. The van der Waals surface area contributed by atoms with Gasteiger partial charge in [-0.3, -0.25) is 4.79 Å². The fourth-order valence-corrected chi connectivity index (χ4v) is 2.55. The van der Waals surface area contributed by atoms with Gasteiger partial charge in [0.05, 0.1) is 0 Å². The van der Waals surface area contributed by atoms with Gasteiger partial charge in [-0.25, -0.2) is 0 Å². The van der Waals surface area contributed by atoms with Gasteiger partial charge in [-0.05, 0) is 55.3 Å². The van der Waals surface area contributed by atoms with E-state index in [9.17, 15) is 4.79 Å². The van der Waals surface area contributed by atoms with Gasteiger partial charge >= 0.3 is 0 Å². The number of hydrogen-bond acceptors (Lipinski definition) is 2. The minimum absolute atomic E-state index is 0.0883. The Bertz CT molecular complexity index is 666. The smallest absolute Gasteiger partial charge is 0.226 e. The maximum absolute atomic E-state index is 11.9. The molecule has 0 unspecified atom stereocenters. The number of aryl methyl sites for hydroxylation is 2. The maximum atomic E-state index is 11.9. The lowest BCUT2D eigenvalue weighted by atomic mass is 10.1. The summed E-state index contributed by atoms with van der Waals surface area (Å²) in [4.78, 5) is 11.9. The Morgan fingerprint density at radius 2 is 1.64 bits per heavy atom. The quantitative estimate of drug-likeness (QED) is 0.801. The van der Waals surface area contributed by atoms with E-state index in [-0.39, 0.29) is 5.91 Å². The molecule has 0 saturated heterocycles. The van der Waals surface area contributed by atoms with E-state index >= 15 is 0 Å². The van der Waals surface area contributed by atoms with Gasteiger partial charge in [0.2, 0.25) is 5.91 Å². The lowest BCUT2D eigenvalue weighted by Gasteiger charge is -2.09. The van der Waals surface area contributed by atoms with Gasteiger partial charge < -0.3 is 10.6 Å². The first-order valence-corrected chi connectivity index (χ1v) is 7.77. The first kappa shape index (κ1) is 16.7. The predicted molar refractivity (Wildman–Crippen MR) is 94.1 cm³/mol. The number of carbonyl (C=O) groups is 1. The summed E-state index contributed by atoms with van der Waals surface area (Å²) >= 11 is 11.8. The van der Waals surface area contributed by atoms with E-state index in [1.807, 2.05) is 6.07 Å². The van der Waals surface area contributed by atoms with E-state index in [1.54, 1.807) is 18.2 Å². The number of hydrogen-bond donors (Lipinski definition) is 2. The van der Waals surface area contributed by atoms with Gasteiger partial charge in [-0.2, -0.15) is 0 Å². The van der Waals surface area contributed by atoms with Crippen LogP contribution in [0.3, 0.4) is 0 Å². The molecule has 22 heavy (non-hydrogen) atoms. The van der Waals surface area contributed by atoms with E-state index in [0.29, 0.717) is 28.7 Å². The summed E-state index contributed by atoms with van der Waals surface area (Å²) in [7, 11) is 0. The van der Waals surface area contributed by atoms with Gasteiger partial charge in [0, 0.05) is 34.4 Å². The van der Waals surface area contributed by atoms with Crippen molar-refractivity contribution in [3.05, 3.63) is 57.6 Å². The standard InChI is InChI=1S/C17H18Cl2N2O/c1-11-3-4-15(7-12(11)2)20-6-5-17(22)21-16-9-13(18)8-14(19)10-16/h3-4,7-10,20H,5-6H2,1-2H3,(H,21,22). The van der Waals surface area contributed by atoms with Gasteiger partial charge in [0.25, 0.3) is 0 Å². The Morgan fingerprint density at radius 3 is 2.27 bits per heavy atom. The van der Waals surface area contributed by atoms with Crippen molar-refractivity contribution < 1.29 is 4.79 Å². The van der Waals surface area contributed by atoms with Crippen LogP contribution >= 0.6 is 23.2 Å². The van der Waals surface area contributed by atoms with Crippen LogP contribution in [0.1, 0.15) is 17.5 Å². The number of anilines is 2. The Labute approximate surface area is 140 Å². The van der Waals surface area contributed by atoms with Crippen LogP contribution in [0, 0.1) is 13.8 Å². The second-order valence-electron chi connectivity index (χ2n) is 5.18. The first-order chi connectivity index (χ1) is 10.4. The second kappa shape index (κ2) is 7.52. The minimum Gasteiger partial charge on any atom is -0.385 e. The fourth-order valence-electron chi connectivity index (χ4n) is 2.02. The van der Waals surface area contributed by atoms with E-state index in [2.05, 4.69) is 36.6 Å². The molecule has 0 atom stereocenters. The maximum Gasteiger partial charge on any atom is 0.226 e. The fraction of sp³-hybridized carbons (Fsp3) is 0.235. The Morgan fingerprint density at radius 1 is 0.955 bits per heavy atom. The summed E-state index contributed by atoms with van der Waals surface area (Å²) in [5, 5.41) is 7.01. The zero-order chi connectivity index (χ0) is 16.1. The molecule has 0 saturated carbocycles. The number of amides is 1. The van der Waals surface area contributed by atoms with Gasteiger partial charge in [0.1, 0.15) is 0 Å². The average Bonchev–Trinajstić information content (AvgIpc) is 2.41. The lowest BCUT2D eigenvalue weighted by Crippen LogP contribution is -2.16. The largest absolute Gasteiger partial charge is 0.385 e. The summed E-state index contributed by atoms with van der Waals surface area (Å²) in [6.45, 7) is 4.70. The van der Waals surface area contributed by atoms with Crippen LogP contribution in [0.25, 0.3) is 0 Å². The van der Waals surface area contributed by atoms with Crippen LogP contribution in [0.15, 0.2) is 36.4 Å². The van der Waals surface area contributed by atoms with Crippen LogP contribution in [-0.2, 0) is 4.79 Å². The summed E-state index contributed by atoms with van der Waals surface area (Å²) < 4.78 is 0. The monoisotopic (exact) mass is 336 g/mol. The molecule has 0 bridgehead atoms. The minimum atomic E-state index is -0.0883. The molecule has 0 aliphatic heterocycles. The molecular formula is C17H18Cl2N2O. The van der Waals surface area contributed by atoms with E-state index in [4.69, 9.17) is 23.2 Å². The number of halogens is 2. The third-order valence-electron chi connectivity index (χ3n) is 3.33. The molecule has 5 heteroatoms. The van der Waals surface area contributed by atoms with Crippen molar-refractivity contribution in [1.29, 1.82) is 0 Å². The number of nitrogens with one attached hydrogen (secondary N) is 2. The Hall–Kier alpha value is -1.71. The number of rotatable bonds is 5. The molecule has 116 valence electrons. The average molecular weight is 337 g/mol. The van der Waals surface area contributed by atoms with Crippen LogP contribution in [-0.4, -0.2) is 12.5 Å². The highest BCUT2D eigenvalue weighted by molar-refractivity contribution is 6.35. The van der Waals surface area contributed by atoms with Crippen molar-refractivity contribution in [2.45, 2.75) is 20.3 Å². The second-order valence-corrected chi connectivity index (χ2v) is 6.05. The third kappa shape index (κ3) is 4.93. The summed E-state index contributed by atoms with van der Waals surface area (Å²) in [5.41, 5.74) is 4.10. The van der Waals surface area contributed by atoms with Gasteiger partial charge in [0.15, 0.2) is 0 Å². The molecule has 0 aromatic heterocycles. The summed E-state index contributed by atoms with van der Waals surface area (Å²) in [6.07, 6.45) is 0.358. The molecule has 2 rings (SSSR count). The van der Waals surface area contributed by atoms with Crippen LogP contribution < -0.4 is 10.6 Å². The molecule has 0 aliphatic carbocycles. The molecule has 2 N–H and O–H groups in total. The Balaban J connectivity index is 1.83. The van der Waals surface area contributed by atoms with Crippen LogP contribution in [0.2, 0.25) is 10.0 Å². The third-order valence-corrected chi connectivity index (χ3v) is 3.77. The topological polar surface area (TPSA) is 41.1 Å². The zero-order valence-electron chi connectivity index (χ0n) is 12.5. The highest BCUT2D eigenvalue weighted by Gasteiger charge is 2.04. The van der Waals surface area contributed by atoms with Crippen LogP contribution in [0.4, 0.5) is 11.4 Å². The molecule has 3 nitrogen and oxygen atoms in total. The Kier molecular flexibility index (Phi) is 5.69. The van der Waals surface area contributed by atoms with E-state index < -0.39 is 0 Å². The summed E-state index contributed by atoms with van der Waals surface area (Å²) in [5.74, 6) is -0.0883. The molecule has 0 heterocycles. The van der Waals surface area contributed by atoms with Gasteiger partial charge in [-0.1, -0.05) is 29.3 Å². The molecule has 1 amide bonds. The van der Waals surface area contributed by atoms with Gasteiger partial charge in [-0.15, -0.1) is 0 Å². The number of carbonyl (C=O) groups excluding carboxylic acids is 1. The van der Waals surface area contributed by atoms with Crippen molar-refractivity contribution in [3.63, 3.8) is 0 Å². The van der Waals surface area contributed by atoms with Crippen LogP contribution in [0.5, 0.6) is 0 Å². The normalized spacial score (nSPS) is 10.4. The molecule has 2 aromatic rings. The van der Waals surface area contributed by atoms with Crippen molar-refractivity contribution in [3.8, 4) is 0 Å². The number of benzene rings is 2. The van der Waals surface area contributed by atoms with E-state index in [1.165, 1.54) is 11.1 Å². The molecular weight excluding hydrogens is 319 g/mol. The molecule has 0 radical (unpaired) electrons. The highest BCUT2D eigenvalue weighted by Crippen LogP contribution is 2.22. The van der Waals surface area contributed by atoms with Crippen molar-refractivity contribution in [2.75, 3.05) is 17.2 Å². The molecule has 0 fully saturated rings. The molecule has 0 spiro atoms. The highest BCUT2D eigenvalue weighted by atomic mass is 35.5. The summed E-state index contributed by atoms with van der Waals surface area (Å²) in [6, 6.07) is 11.1.